The Labute approximate surface area is 151 Å². The van der Waals surface area contributed by atoms with Crippen LogP contribution < -0.4 is 10.2 Å². The number of hydrazone groups is 1. The number of hydrogen-bond acceptors (Lipinski definition) is 4. The molecule has 0 spiro atoms. The van der Waals surface area contributed by atoms with E-state index >= 15 is 0 Å². The second kappa shape index (κ2) is 7.53. The fourth-order valence-electron chi connectivity index (χ4n) is 2.79. The van der Waals surface area contributed by atoms with Gasteiger partial charge in [-0.3, -0.25) is 4.79 Å². The van der Waals surface area contributed by atoms with Crippen molar-refractivity contribution in [3.8, 4) is 11.8 Å². The molecule has 0 saturated heterocycles. The SMILES string of the molecule is COc1cc(C)ccc1C(=O)NN=Cc1cn(CC#N)c2ccccc12. The first kappa shape index (κ1) is 17.2. The van der Waals surface area contributed by atoms with E-state index in [1.807, 2.05) is 48.0 Å². The lowest BCUT2D eigenvalue weighted by Gasteiger charge is -2.07. The number of nitrogens with zero attached hydrogens (tertiary/aromatic N) is 3. The van der Waals surface area contributed by atoms with Gasteiger partial charge in [0.2, 0.25) is 0 Å². The molecule has 130 valence electrons. The first-order chi connectivity index (χ1) is 12.6. The normalized spacial score (nSPS) is 10.8. The van der Waals surface area contributed by atoms with Crippen LogP contribution >= 0.6 is 0 Å². The maximum atomic E-state index is 12.3. The Hall–Kier alpha value is -3.59. The van der Waals surface area contributed by atoms with Gasteiger partial charge in [0.15, 0.2) is 0 Å². The highest BCUT2D eigenvalue weighted by molar-refractivity contribution is 6.01. The number of fused-ring (bicyclic) bond motifs is 1. The summed E-state index contributed by atoms with van der Waals surface area (Å²) < 4.78 is 7.10. The molecule has 0 aliphatic heterocycles. The van der Waals surface area contributed by atoms with Crippen LogP contribution in [-0.4, -0.2) is 23.8 Å². The number of amides is 1. The van der Waals surface area contributed by atoms with E-state index in [0.717, 1.165) is 22.0 Å². The lowest BCUT2D eigenvalue weighted by Crippen LogP contribution is -2.18. The zero-order valence-corrected chi connectivity index (χ0v) is 14.6. The van der Waals surface area contributed by atoms with Gasteiger partial charge in [0.05, 0.1) is 25.0 Å². The van der Waals surface area contributed by atoms with Gasteiger partial charge in [0, 0.05) is 22.7 Å². The van der Waals surface area contributed by atoms with Gasteiger partial charge in [-0.2, -0.15) is 10.4 Å². The summed E-state index contributed by atoms with van der Waals surface area (Å²) >= 11 is 0. The molecule has 0 saturated carbocycles. The number of para-hydroxylation sites is 1. The molecule has 1 amide bonds. The first-order valence-corrected chi connectivity index (χ1v) is 8.07. The topological polar surface area (TPSA) is 79.4 Å². The van der Waals surface area contributed by atoms with Crippen LogP contribution in [0.3, 0.4) is 0 Å². The van der Waals surface area contributed by atoms with E-state index in [1.54, 1.807) is 18.3 Å². The Morgan fingerprint density at radius 3 is 2.92 bits per heavy atom. The third kappa shape index (κ3) is 3.42. The predicted molar refractivity (Wildman–Crippen MR) is 100 cm³/mol. The lowest BCUT2D eigenvalue weighted by molar-refractivity contribution is 0.0952. The summed E-state index contributed by atoms with van der Waals surface area (Å²) in [5.41, 5.74) is 5.72. The van der Waals surface area contributed by atoms with Crippen molar-refractivity contribution in [2.75, 3.05) is 7.11 Å². The van der Waals surface area contributed by atoms with Gasteiger partial charge in [-0.25, -0.2) is 5.43 Å². The third-order valence-corrected chi connectivity index (χ3v) is 4.03. The average Bonchev–Trinajstić information content (AvgIpc) is 3.00. The second-order valence-corrected chi connectivity index (χ2v) is 5.79. The number of carbonyl (C=O) groups is 1. The fraction of sp³-hybridized carbons (Fsp3) is 0.150. The van der Waals surface area contributed by atoms with Gasteiger partial charge in [-0.05, 0) is 30.7 Å². The Morgan fingerprint density at radius 2 is 2.15 bits per heavy atom. The Balaban J connectivity index is 1.82. The molecular formula is C20H18N4O2. The molecule has 0 unspecified atom stereocenters. The van der Waals surface area contributed by atoms with E-state index in [-0.39, 0.29) is 12.5 Å². The number of methoxy groups -OCH3 is 1. The maximum absolute atomic E-state index is 12.3. The Kier molecular flexibility index (Phi) is 4.99. The van der Waals surface area contributed by atoms with E-state index < -0.39 is 0 Å². The van der Waals surface area contributed by atoms with Crippen LogP contribution in [-0.2, 0) is 6.54 Å². The van der Waals surface area contributed by atoms with Crippen molar-refractivity contribution in [1.82, 2.24) is 9.99 Å². The molecule has 0 radical (unpaired) electrons. The van der Waals surface area contributed by atoms with E-state index in [1.165, 1.54) is 7.11 Å². The van der Waals surface area contributed by atoms with Crippen LogP contribution in [0.4, 0.5) is 0 Å². The van der Waals surface area contributed by atoms with E-state index in [9.17, 15) is 4.79 Å². The predicted octanol–water partition coefficient (Wildman–Crippen LogP) is 3.25. The smallest absolute Gasteiger partial charge is 0.275 e. The van der Waals surface area contributed by atoms with Crippen molar-refractivity contribution >= 4 is 23.0 Å². The summed E-state index contributed by atoms with van der Waals surface area (Å²) in [7, 11) is 1.53. The minimum Gasteiger partial charge on any atom is -0.496 e. The molecule has 0 bridgehead atoms. The van der Waals surface area contributed by atoms with Crippen LogP contribution in [0, 0.1) is 18.3 Å². The molecule has 1 N–H and O–H groups in total. The zero-order valence-electron chi connectivity index (χ0n) is 14.6. The molecule has 26 heavy (non-hydrogen) atoms. The number of ether oxygens (including phenoxy) is 1. The molecule has 3 rings (SSSR count). The van der Waals surface area contributed by atoms with Crippen LogP contribution in [0.1, 0.15) is 21.5 Å². The van der Waals surface area contributed by atoms with Crippen LogP contribution in [0.25, 0.3) is 10.9 Å². The van der Waals surface area contributed by atoms with Gasteiger partial charge in [0.1, 0.15) is 12.3 Å². The molecule has 1 aromatic heterocycles. The molecule has 0 aliphatic carbocycles. The molecule has 6 heteroatoms. The van der Waals surface area contributed by atoms with Gasteiger partial charge in [-0.15, -0.1) is 0 Å². The highest BCUT2D eigenvalue weighted by Gasteiger charge is 2.11. The Morgan fingerprint density at radius 1 is 1.35 bits per heavy atom. The number of aryl methyl sites for hydroxylation is 1. The molecule has 6 nitrogen and oxygen atoms in total. The zero-order chi connectivity index (χ0) is 18.5. The summed E-state index contributed by atoms with van der Waals surface area (Å²) in [6.45, 7) is 2.18. The molecule has 1 heterocycles. The van der Waals surface area contributed by atoms with Gasteiger partial charge in [0.25, 0.3) is 5.91 Å². The largest absolute Gasteiger partial charge is 0.496 e. The summed E-state index contributed by atoms with van der Waals surface area (Å²) in [4.78, 5) is 12.3. The summed E-state index contributed by atoms with van der Waals surface area (Å²) in [6, 6.07) is 15.2. The van der Waals surface area contributed by atoms with Crippen molar-refractivity contribution in [2.24, 2.45) is 5.10 Å². The summed E-state index contributed by atoms with van der Waals surface area (Å²) in [5.74, 6) is 0.155. The number of nitriles is 1. The third-order valence-electron chi connectivity index (χ3n) is 4.03. The second-order valence-electron chi connectivity index (χ2n) is 5.79. The molecule has 2 aromatic carbocycles. The number of rotatable bonds is 5. The van der Waals surface area contributed by atoms with Crippen LogP contribution in [0.5, 0.6) is 5.75 Å². The highest BCUT2D eigenvalue weighted by Crippen LogP contribution is 2.21. The van der Waals surface area contributed by atoms with Crippen molar-refractivity contribution in [3.63, 3.8) is 0 Å². The van der Waals surface area contributed by atoms with Gasteiger partial charge in [-0.1, -0.05) is 24.3 Å². The average molecular weight is 346 g/mol. The van der Waals surface area contributed by atoms with Gasteiger partial charge < -0.3 is 9.30 Å². The summed E-state index contributed by atoms with van der Waals surface area (Å²) in [5, 5.41) is 14.0. The van der Waals surface area contributed by atoms with Crippen molar-refractivity contribution in [1.29, 1.82) is 5.26 Å². The lowest BCUT2D eigenvalue weighted by atomic mass is 10.1. The first-order valence-electron chi connectivity index (χ1n) is 8.07. The van der Waals surface area contributed by atoms with E-state index in [2.05, 4.69) is 16.6 Å². The molecule has 3 aromatic rings. The molecular weight excluding hydrogens is 328 g/mol. The molecule has 0 fully saturated rings. The minimum absolute atomic E-state index is 0.251. The van der Waals surface area contributed by atoms with Crippen molar-refractivity contribution in [3.05, 3.63) is 65.4 Å². The van der Waals surface area contributed by atoms with Gasteiger partial charge >= 0.3 is 0 Å². The number of hydrogen-bond donors (Lipinski definition) is 1. The summed E-state index contributed by atoms with van der Waals surface area (Å²) in [6.07, 6.45) is 3.42. The quantitative estimate of drug-likeness (QED) is 0.569. The standard InChI is InChI=1S/C20H18N4O2/c1-14-7-8-17(19(11-14)26-2)20(25)23-22-12-15-13-24(10-9-21)18-6-4-3-5-16(15)18/h3-8,11-13H,10H2,1-2H3,(H,23,25). The number of nitrogens with one attached hydrogen (secondary N) is 1. The minimum atomic E-state index is -0.348. The Bertz CT molecular complexity index is 1030. The molecule has 0 atom stereocenters. The van der Waals surface area contributed by atoms with Crippen LogP contribution in [0.15, 0.2) is 53.8 Å². The highest BCUT2D eigenvalue weighted by atomic mass is 16.5. The monoisotopic (exact) mass is 346 g/mol. The van der Waals surface area contributed by atoms with Crippen LogP contribution in [0.2, 0.25) is 0 Å². The fourth-order valence-corrected chi connectivity index (χ4v) is 2.79. The number of carbonyl (C=O) groups excluding carboxylic acids is 1. The van der Waals surface area contributed by atoms with E-state index in [4.69, 9.17) is 10.00 Å². The van der Waals surface area contributed by atoms with E-state index in [0.29, 0.717) is 11.3 Å². The number of benzene rings is 2. The van der Waals surface area contributed by atoms with Crippen molar-refractivity contribution < 1.29 is 9.53 Å². The maximum Gasteiger partial charge on any atom is 0.275 e. The number of aromatic nitrogens is 1. The van der Waals surface area contributed by atoms with Crippen molar-refractivity contribution in [2.45, 2.75) is 13.5 Å². The molecule has 0 aliphatic rings.